The van der Waals surface area contributed by atoms with Crippen molar-refractivity contribution in [2.75, 3.05) is 6.61 Å². The number of benzene rings is 1. The topological polar surface area (TPSA) is 43.4 Å². The molecule has 0 aliphatic heterocycles. The van der Waals surface area contributed by atoms with Crippen LogP contribution in [0.4, 0.5) is 0 Å². The fourth-order valence-corrected chi connectivity index (χ4v) is 1.64. The van der Waals surface area contributed by atoms with Gasteiger partial charge in [0.1, 0.15) is 0 Å². The van der Waals surface area contributed by atoms with Crippen molar-refractivity contribution in [1.82, 2.24) is 0 Å². The van der Waals surface area contributed by atoms with E-state index in [0.717, 1.165) is 5.56 Å². The van der Waals surface area contributed by atoms with E-state index in [9.17, 15) is 9.59 Å². The first-order valence-electron chi connectivity index (χ1n) is 5.81. The highest BCUT2D eigenvalue weighted by molar-refractivity contribution is 5.94. The number of carbonyl (C=O) groups excluding carboxylic acids is 2. The third-order valence-corrected chi connectivity index (χ3v) is 2.56. The van der Waals surface area contributed by atoms with Crippen molar-refractivity contribution >= 4 is 11.8 Å². The lowest BCUT2D eigenvalue weighted by Crippen LogP contribution is -2.17. The summed E-state index contributed by atoms with van der Waals surface area (Å²) in [4.78, 5) is 22.7. The Balaban J connectivity index is 2.71. The fraction of sp³-hybridized carbons (Fsp3) is 0.429. The molecule has 1 unspecified atom stereocenters. The maximum Gasteiger partial charge on any atom is 0.308 e. The van der Waals surface area contributed by atoms with Crippen LogP contribution in [0.1, 0.15) is 36.7 Å². The summed E-state index contributed by atoms with van der Waals surface area (Å²) in [5.41, 5.74) is 1.66. The second-order valence-corrected chi connectivity index (χ2v) is 4.11. The normalized spacial score (nSPS) is 11.9. The molecule has 0 aromatic heterocycles. The molecule has 3 nitrogen and oxygen atoms in total. The summed E-state index contributed by atoms with van der Waals surface area (Å²) in [6.45, 7) is 5.56. The summed E-state index contributed by atoms with van der Waals surface area (Å²) in [6.07, 6.45) is 0.597. The lowest BCUT2D eigenvalue weighted by molar-refractivity contribution is -0.147. The number of hydrogen-bond acceptors (Lipinski definition) is 3. The van der Waals surface area contributed by atoms with Crippen LogP contribution in [0.3, 0.4) is 0 Å². The maximum absolute atomic E-state index is 11.5. The first-order valence-corrected chi connectivity index (χ1v) is 5.81. The van der Waals surface area contributed by atoms with E-state index < -0.39 is 0 Å². The van der Waals surface area contributed by atoms with Crippen LogP contribution in [0.5, 0.6) is 0 Å². The Bertz CT molecular complexity index is 410. The molecule has 0 radical (unpaired) electrons. The van der Waals surface area contributed by atoms with Crippen LogP contribution < -0.4 is 0 Å². The fourth-order valence-electron chi connectivity index (χ4n) is 1.64. The van der Waals surface area contributed by atoms with Gasteiger partial charge < -0.3 is 4.74 Å². The molecule has 0 saturated carbocycles. The molecule has 0 fully saturated rings. The van der Waals surface area contributed by atoms with Crippen molar-refractivity contribution in [1.29, 1.82) is 0 Å². The number of ether oxygens (including phenoxy) is 1. The van der Waals surface area contributed by atoms with Gasteiger partial charge >= 0.3 is 5.97 Å². The average molecular weight is 234 g/mol. The minimum atomic E-state index is -0.194. The second kappa shape index (κ2) is 6.18. The Hall–Kier alpha value is -1.64. The van der Waals surface area contributed by atoms with Crippen LogP contribution in [-0.4, -0.2) is 18.4 Å². The number of rotatable bonds is 5. The van der Waals surface area contributed by atoms with E-state index in [1.54, 1.807) is 13.0 Å². The molecule has 0 amide bonds. The molecule has 0 aliphatic rings. The van der Waals surface area contributed by atoms with Gasteiger partial charge in [-0.25, -0.2) is 0 Å². The van der Waals surface area contributed by atoms with E-state index in [-0.39, 0.29) is 17.7 Å². The molecule has 0 bridgehead atoms. The molecule has 0 saturated heterocycles. The molecule has 1 aromatic carbocycles. The molecular weight excluding hydrogens is 216 g/mol. The summed E-state index contributed by atoms with van der Waals surface area (Å²) in [7, 11) is 0. The van der Waals surface area contributed by atoms with Crippen molar-refractivity contribution in [3.05, 3.63) is 35.4 Å². The Labute approximate surface area is 102 Å². The van der Waals surface area contributed by atoms with Gasteiger partial charge in [-0.05, 0) is 31.9 Å². The minimum Gasteiger partial charge on any atom is -0.466 e. The minimum absolute atomic E-state index is 0.0376. The second-order valence-electron chi connectivity index (χ2n) is 4.11. The molecule has 3 heteroatoms. The predicted molar refractivity (Wildman–Crippen MR) is 65.9 cm³/mol. The Kier molecular flexibility index (Phi) is 4.88. The van der Waals surface area contributed by atoms with Gasteiger partial charge in [-0.3, -0.25) is 9.59 Å². The van der Waals surface area contributed by atoms with E-state index >= 15 is 0 Å². The highest BCUT2D eigenvalue weighted by Gasteiger charge is 2.14. The summed E-state index contributed by atoms with van der Waals surface area (Å²) in [6, 6.07) is 7.37. The summed E-state index contributed by atoms with van der Waals surface area (Å²) in [5, 5.41) is 0. The highest BCUT2D eigenvalue weighted by atomic mass is 16.5. The van der Waals surface area contributed by atoms with Crippen LogP contribution in [0.2, 0.25) is 0 Å². The third-order valence-electron chi connectivity index (χ3n) is 2.56. The molecule has 0 spiro atoms. The van der Waals surface area contributed by atoms with Gasteiger partial charge in [0.2, 0.25) is 0 Å². The van der Waals surface area contributed by atoms with Gasteiger partial charge in [-0.15, -0.1) is 0 Å². The highest BCUT2D eigenvalue weighted by Crippen LogP contribution is 2.12. The zero-order valence-corrected chi connectivity index (χ0v) is 10.5. The quantitative estimate of drug-likeness (QED) is 0.581. The molecule has 0 heterocycles. The molecule has 17 heavy (non-hydrogen) atoms. The smallest absolute Gasteiger partial charge is 0.308 e. The Morgan fingerprint density at radius 3 is 2.65 bits per heavy atom. The van der Waals surface area contributed by atoms with Crippen LogP contribution in [0.15, 0.2) is 24.3 Å². The molecule has 92 valence electrons. The van der Waals surface area contributed by atoms with Crippen molar-refractivity contribution in [3.63, 3.8) is 0 Å². The van der Waals surface area contributed by atoms with Gasteiger partial charge in [0.25, 0.3) is 0 Å². The Morgan fingerprint density at radius 1 is 1.35 bits per heavy atom. The first-order chi connectivity index (χ1) is 8.04. The average Bonchev–Trinajstić information content (AvgIpc) is 2.29. The van der Waals surface area contributed by atoms with E-state index in [2.05, 4.69) is 0 Å². The number of ketones is 1. The van der Waals surface area contributed by atoms with Gasteiger partial charge in [0, 0.05) is 5.56 Å². The number of carbonyl (C=O) groups is 2. The van der Waals surface area contributed by atoms with Gasteiger partial charge in [0.15, 0.2) is 5.78 Å². The van der Waals surface area contributed by atoms with Gasteiger partial charge in [-0.1, -0.05) is 25.1 Å². The molecule has 1 atom stereocenters. The summed E-state index contributed by atoms with van der Waals surface area (Å²) in [5.74, 6) is -0.339. The lowest BCUT2D eigenvalue weighted by atomic mass is 9.99. The first kappa shape index (κ1) is 13.4. The summed E-state index contributed by atoms with van der Waals surface area (Å²) >= 11 is 0. The van der Waals surface area contributed by atoms with Gasteiger partial charge in [-0.2, -0.15) is 0 Å². The predicted octanol–water partition coefficient (Wildman–Crippen LogP) is 2.63. The van der Waals surface area contributed by atoms with Crippen LogP contribution >= 0.6 is 0 Å². The van der Waals surface area contributed by atoms with Crippen molar-refractivity contribution in [3.8, 4) is 0 Å². The molecule has 0 aliphatic carbocycles. The van der Waals surface area contributed by atoms with Crippen LogP contribution in [-0.2, 0) is 16.0 Å². The number of esters is 1. The van der Waals surface area contributed by atoms with Crippen molar-refractivity contribution in [2.45, 2.75) is 27.2 Å². The Morgan fingerprint density at radius 2 is 2.06 bits per heavy atom. The molecule has 0 N–H and O–H groups in total. The monoisotopic (exact) mass is 234 g/mol. The largest absolute Gasteiger partial charge is 0.466 e. The van der Waals surface area contributed by atoms with E-state index in [1.807, 2.05) is 25.1 Å². The number of Topliss-reactive ketones (excluding diaryl/α,β-unsaturated/α-hetero) is 1. The molecular formula is C14H18O3. The number of hydrogen-bond donors (Lipinski definition) is 0. The van der Waals surface area contributed by atoms with Crippen molar-refractivity contribution in [2.24, 2.45) is 5.92 Å². The standard InChI is InChI=1S/C14H18O3/c1-4-17-14(16)10(2)8-12-6-5-7-13(9-12)11(3)15/h5-7,9-10H,4,8H2,1-3H3. The van der Waals surface area contributed by atoms with Crippen molar-refractivity contribution < 1.29 is 14.3 Å². The zero-order valence-electron chi connectivity index (χ0n) is 10.5. The summed E-state index contributed by atoms with van der Waals surface area (Å²) < 4.78 is 4.95. The molecule has 1 aromatic rings. The van der Waals surface area contributed by atoms with E-state index in [1.165, 1.54) is 6.92 Å². The van der Waals surface area contributed by atoms with Gasteiger partial charge in [0.05, 0.1) is 12.5 Å². The lowest BCUT2D eigenvalue weighted by Gasteiger charge is -2.10. The maximum atomic E-state index is 11.5. The van der Waals surface area contributed by atoms with E-state index in [0.29, 0.717) is 18.6 Å². The van der Waals surface area contributed by atoms with Crippen LogP contribution in [0, 0.1) is 5.92 Å². The van der Waals surface area contributed by atoms with E-state index in [4.69, 9.17) is 4.74 Å². The SMILES string of the molecule is CCOC(=O)C(C)Cc1cccc(C(C)=O)c1. The zero-order chi connectivity index (χ0) is 12.8. The third kappa shape index (κ3) is 4.02. The van der Waals surface area contributed by atoms with Crippen LogP contribution in [0.25, 0.3) is 0 Å². The molecule has 1 rings (SSSR count).